The van der Waals surface area contributed by atoms with Gasteiger partial charge in [0.25, 0.3) is 6.33 Å². The third-order valence-electron chi connectivity index (χ3n) is 1.16. The molecule has 0 unspecified atom stereocenters. The Hall–Kier alpha value is -2.10. The molecule has 0 radical (unpaired) electrons. The summed E-state index contributed by atoms with van der Waals surface area (Å²) in [7, 11) is 0. The Labute approximate surface area is 67.9 Å². The normalized spacial score (nSPS) is 11.1. The van der Waals surface area contributed by atoms with Gasteiger partial charge in [-0.15, -0.1) is 9.36 Å². The molecule has 3 N–H and O–H groups in total. The second-order valence-corrected chi connectivity index (χ2v) is 2.05. The van der Waals surface area contributed by atoms with E-state index in [0.717, 1.165) is 0 Å². The first-order chi connectivity index (χ1) is 5.76. The van der Waals surface area contributed by atoms with Gasteiger partial charge in [-0.3, -0.25) is 5.84 Å². The maximum atomic E-state index is 8.37. The van der Waals surface area contributed by atoms with E-state index >= 15 is 0 Å². The molecule has 1 aromatic heterocycles. The highest BCUT2D eigenvalue weighted by atomic mass is 16.4. The molecule has 7 nitrogen and oxygen atoms in total. The van der Waals surface area contributed by atoms with Crippen LogP contribution in [-0.2, 0) is 6.54 Å². The van der Waals surface area contributed by atoms with Crippen molar-refractivity contribution in [2.75, 3.05) is 5.84 Å². The zero-order chi connectivity index (χ0) is 8.97. The molecule has 12 heavy (non-hydrogen) atoms. The lowest BCUT2D eigenvalue weighted by Gasteiger charge is -1.86. The van der Waals surface area contributed by atoms with Gasteiger partial charge in [0.15, 0.2) is 12.3 Å². The lowest BCUT2D eigenvalue weighted by molar-refractivity contribution is -0.639. The molecule has 0 spiro atoms. The minimum atomic E-state index is -0.0290. The van der Waals surface area contributed by atoms with E-state index in [1.165, 1.54) is 22.0 Å². The van der Waals surface area contributed by atoms with Crippen LogP contribution >= 0.6 is 0 Å². The second kappa shape index (κ2) is 3.34. The number of oxime groups is 1. The lowest BCUT2D eigenvalue weighted by Crippen LogP contribution is -2.42. The van der Waals surface area contributed by atoms with Crippen LogP contribution in [0.25, 0.3) is 0 Å². The van der Waals surface area contributed by atoms with Gasteiger partial charge in [0.05, 0.1) is 0 Å². The number of nitrogens with zero attached hydrogens (tertiary/aromatic N) is 5. The first-order valence-electron chi connectivity index (χ1n) is 3.06. The van der Waals surface area contributed by atoms with Gasteiger partial charge < -0.3 is 5.21 Å². The van der Waals surface area contributed by atoms with Crippen LogP contribution in [0.1, 0.15) is 0 Å². The molecule has 0 aromatic carbocycles. The first kappa shape index (κ1) is 8.00. The Bertz CT molecular complexity index is 334. The molecule has 7 heteroatoms. The van der Waals surface area contributed by atoms with E-state index in [2.05, 4.69) is 10.3 Å². The van der Waals surface area contributed by atoms with Gasteiger partial charge in [-0.25, -0.2) is 0 Å². The van der Waals surface area contributed by atoms with E-state index in [9.17, 15) is 0 Å². The summed E-state index contributed by atoms with van der Waals surface area (Å²) in [6.07, 6.45) is 2.83. The maximum absolute atomic E-state index is 8.37. The van der Waals surface area contributed by atoms with Crippen LogP contribution < -0.4 is 10.5 Å². The van der Waals surface area contributed by atoms with Gasteiger partial charge in [0, 0.05) is 5.10 Å². The predicted octanol–water partition coefficient (Wildman–Crippen LogP) is -1.76. The van der Waals surface area contributed by atoms with Crippen molar-refractivity contribution >= 4 is 5.71 Å². The highest BCUT2D eigenvalue weighted by Gasteiger charge is 2.07. The van der Waals surface area contributed by atoms with Crippen molar-refractivity contribution in [2.24, 2.45) is 5.16 Å². The molecule has 0 aliphatic carbocycles. The Morgan fingerprint density at radius 1 is 1.92 bits per heavy atom. The van der Waals surface area contributed by atoms with Crippen molar-refractivity contribution < 1.29 is 9.88 Å². The summed E-state index contributed by atoms with van der Waals surface area (Å²) < 4.78 is 2.60. The summed E-state index contributed by atoms with van der Waals surface area (Å²) in [4.78, 5) is 0. The Morgan fingerprint density at radius 2 is 2.67 bits per heavy atom. The quantitative estimate of drug-likeness (QED) is 0.179. The van der Waals surface area contributed by atoms with E-state index in [0.29, 0.717) is 0 Å². The molecule has 0 amide bonds. The molecule has 1 aromatic rings. The van der Waals surface area contributed by atoms with E-state index in [1.54, 1.807) is 6.07 Å². The number of nitriles is 1. The number of nitrogens with two attached hydrogens (primary N) is 1. The second-order valence-electron chi connectivity index (χ2n) is 2.05. The third-order valence-corrected chi connectivity index (χ3v) is 1.16. The molecule has 0 bridgehead atoms. The van der Waals surface area contributed by atoms with E-state index in [4.69, 9.17) is 16.3 Å². The molecule has 0 atom stereocenters. The van der Waals surface area contributed by atoms with Crippen molar-refractivity contribution in [3.05, 3.63) is 12.7 Å². The van der Waals surface area contributed by atoms with E-state index in [-0.39, 0.29) is 12.3 Å². The predicted molar refractivity (Wildman–Crippen MR) is 37.4 cm³/mol. The highest BCUT2D eigenvalue weighted by Crippen LogP contribution is 1.81. The average Bonchev–Trinajstić information content (AvgIpc) is 2.47. The summed E-state index contributed by atoms with van der Waals surface area (Å²) in [5.41, 5.74) is -0.0290. The number of nitrogen functional groups attached to an aromatic ring is 1. The van der Waals surface area contributed by atoms with Crippen LogP contribution in [-0.4, -0.2) is 20.7 Å². The first-order valence-corrected chi connectivity index (χ1v) is 3.06. The standard InChI is InChI=1S/C5H6N6O/c6-1-5(9-12)2-11-4-10(7)3-8-11/h3-4H,2,7H2/p+1/b9-5-. The maximum Gasteiger partial charge on any atom is 0.286 e. The summed E-state index contributed by atoms with van der Waals surface area (Å²) in [5.74, 6) is 5.29. The van der Waals surface area contributed by atoms with Gasteiger partial charge >= 0.3 is 0 Å². The van der Waals surface area contributed by atoms with Crippen molar-refractivity contribution in [3.8, 4) is 6.07 Å². The molecule has 0 aliphatic rings. The van der Waals surface area contributed by atoms with Crippen molar-refractivity contribution in [1.82, 2.24) is 9.78 Å². The van der Waals surface area contributed by atoms with Crippen LogP contribution in [0.3, 0.4) is 0 Å². The van der Waals surface area contributed by atoms with Crippen LogP contribution in [0.5, 0.6) is 0 Å². The molecule has 62 valence electrons. The van der Waals surface area contributed by atoms with Crippen LogP contribution in [0, 0.1) is 11.3 Å². The summed E-state index contributed by atoms with van der Waals surface area (Å²) >= 11 is 0. The Kier molecular flexibility index (Phi) is 2.23. The third kappa shape index (κ3) is 1.69. The lowest BCUT2D eigenvalue weighted by atomic mass is 10.4. The van der Waals surface area contributed by atoms with Gasteiger partial charge in [-0.2, -0.15) is 5.26 Å². The topological polar surface area (TPSA) is 104 Å². The highest BCUT2D eigenvalue weighted by molar-refractivity contribution is 5.97. The average molecular weight is 167 g/mol. The van der Waals surface area contributed by atoms with Gasteiger partial charge in [0.2, 0.25) is 6.33 Å². The molecular formula is C5H7N6O+. The molecule has 0 saturated carbocycles. The van der Waals surface area contributed by atoms with E-state index < -0.39 is 0 Å². The van der Waals surface area contributed by atoms with Crippen molar-refractivity contribution in [2.45, 2.75) is 6.54 Å². The van der Waals surface area contributed by atoms with Crippen molar-refractivity contribution in [3.63, 3.8) is 0 Å². The molecular weight excluding hydrogens is 160 g/mol. The Balaban J connectivity index is 2.71. The number of aromatic nitrogens is 3. The minimum absolute atomic E-state index is 0.0290. The number of hydrogen-bond acceptors (Lipinski definition) is 5. The molecule has 0 fully saturated rings. The van der Waals surface area contributed by atoms with Gasteiger partial charge in [-0.05, 0) is 0 Å². The molecule has 1 heterocycles. The zero-order valence-electron chi connectivity index (χ0n) is 6.12. The van der Waals surface area contributed by atoms with Crippen LogP contribution in [0.4, 0.5) is 0 Å². The summed E-state index contributed by atoms with van der Waals surface area (Å²) in [6.45, 7) is 0.108. The Morgan fingerprint density at radius 3 is 3.08 bits per heavy atom. The molecule has 0 aliphatic heterocycles. The number of rotatable bonds is 2. The van der Waals surface area contributed by atoms with Crippen LogP contribution in [0.2, 0.25) is 0 Å². The monoisotopic (exact) mass is 167 g/mol. The molecule has 1 rings (SSSR count). The SMILES string of the molecule is N#C/C(Cn1c[n+](N)cn1)=N/O. The van der Waals surface area contributed by atoms with Gasteiger partial charge in [0.1, 0.15) is 6.07 Å². The fourth-order valence-electron chi connectivity index (χ4n) is 0.664. The minimum Gasteiger partial charge on any atom is -0.410 e. The van der Waals surface area contributed by atoms with E-state index in [1.807, 2.05) is 0 Å². The summed E-state index contributed by atoms with van der Waals surface area (Å²) in [5, 5.41) is 23.2. The largest absolute Gasteiger partial charge is 0.410 e. The fourth-order valence-corrected chi connectivity index (χ4v) is 0.664. The zero-order valence-corrected chi connectivity index (χ0v) is 6.12. The molecule has 0 saturated heterocycles. The summed E-state index contributed by atoms with van der Waals surface area (Å²) in [6, 6.07) is 1.70. The van der Waals surface area contributed by atoms with Gasteiger partial charge in [-0.1, -0.05) is 5.16 Å². The van der Waals surface area contributed by atoms with Crippen LogP contribution in [0.15, 0.2) is 17.8 Å². The fraction of sp³-hybridized carbons (Fsp3) is 0.200. The van der Waals surface area contributed by atoms with Crippen molar-refractivity contribution in [1.29, 1.82) is 5.26 Å². The number of hydrogen-bond donors (Lipinski definition) is 2. The smallest absolute Gasteiger partial charge is 0.286 e.